The predicted molar refractivity (Wildman–Crippen MR) is 86.1 cm³/mol. The number of nitrogens with one attached hydrogen (secondary N) is 1. The molecule has 0 radical (unpaired) electrons. The predicted octanol–water partition coefficient (Wildman–Crippen LogP) is 3.97. The number of alkyl halides is 2. The first kappa shape index (κ1) is 15.9. The Morgan fingerprint density at radius 3 is 2.67 bits per heavy atom. The molecule has 1 amide bonds. The first-order valence-corrected chi connectivity index (χ1v) is 7.29. The standard InChI is InChI=1S/C17H15F2N3O2/c1-11(23)20-13-7-3-5-9-15(13)24-10-16-21-12-6-2-4-8-14(12)22(16)17(18)19/h2-9,17H,10H2,1H3,(H,20,23). The molecule has 0 fully saturated rings. The van der Waals surface area contributed by atoms with Gasteiger partial charge >= 0.3 is 6.55 Å². The van der Waals surface area contributed by atoms with E-state index in [0.717, 1.165) is 4.57 Å². The van der Waals surface area contributed by atoms with Crippen LogP contribution in [-0.2, 0) is 11.4 Å². The summed E-state index contributed by atoms with van der Waals surface area (Å²) in [7, 11) is 0. The smallest absolute Gasteiger partial charge is 0.320 e. The fourth-order valence-electron chi connectivity index (χ4n) is 2.44. The molecule has 0 atom stereocenters. The number of halogens is 2. The van der Waals surface area contributed by atoms with E-state index in [-0.39, 0.29) is 18.3 Å². The van der Waals surface area contributed by atoms with Gasteiger partial charge in [0.1, 0.15) is 12.4 Å². The average Bonchev–Trinajstić information content (AvgIpc) is 2.92. The van der Waals surface area contributed by atoms with Crippen LogP contribution in [0.15, 0.2) is 48.5 Å². The largest absolute Gasteiger partial charge is 0.483 e. The topological polar surface area (TPSA) is 56.1 Å². The maximum Gasteiger partial charge on any atom is 0.320 e. The van der Waals surface area contributed by atoms with Crippen LogP contribution in [0.2, 0.25) is 0 Å². The van der Waals surface area contributed by atoms with Gasteiger partial charge in [0, 0.05) is 6.92 Å². The zero-order valence-electron chi connectivity index (χ0n) is 12.9. The lowest BCUT2D eigenvalue weighted by Gasteiger charge is -2.12. The number of imidazole rings is 1. The van der Waals surface area contributed by atoms with E-state index in [1.165, 1.54) is 6.92 Å². The van der Waals surface area contributed by atoms with Crippen LogP contribution in [0.25, 0.3) is 11.0 Å². The highest BCUT2D eigenvalue weighted by Gasteiger charge is 2.18. The van der Waals surface area contributed by atoms with Gasteiger partial charge in [-0.25, -0.2) is 4.98 Å². The Bertz CT molecular complexity index is 877. The van der Waals surface area contributed by atoms with E-state index in [1.54, 1.807) is 48.5 Å². The number of carbonyl (C=O) groups excluding carboxylic acids is 1. The van der Waals surface area contributed by atoms with Gasteiger partial charge in [-0.15, -0.1) is 0 Å². The minimum absolute atomic E-state index is 0.115. The fourth-order valence-corrected chi connectivity index (χ4v) is 2.44. The minimum Gasteiger partial charge on any atom is -0.483 e. The second kappa shape index (κ2) is 6.66. The summed E-state index contributed by atoms with van der Waals surface area (Å²) in [5.74, 6) is 0.260. The molecule has 1 heterocycles. The third-order valence-electron chi connectivity index (χ3n) is 3.42. The second-order valence-corrected chi connectivity index (χ2v) is 5.13. The van der Waals surface area contributed by atoms with Crippen LogP contribution in [0, 0.1) is 0 Å². The van der Waals surface area contributed by atoms with Gasteiger partial charge in [-0.1, -0.05) is 24.3 Å². The van der Waals surface area contributed by atoms with Gasteiger partial charge in [0.15, 0.2) is 5.82 Å². The molecule has 0 spiro atoms. The molecule has 1 aromatic heterocycles. The number of fused-ring (bicyclic) bond motifs is 1. The molecule has 0 unspecified atom stereocenters. The van der Waals surface area contributed by atoms with E-state index >= 15 is 0 Å². The van der Waals surface area contributed by atoms with Gasteiger partial charge in [-0.3, -0.25) is 9.36 Å². The average molecular weight is 331 g/mol. The third kappa shape index (κ3) is 3.19. The van der Waals surface area contributed by atoms with Crippen molar-refractivity contribution in [2.45, 2.75) is 20.1 Å². The van der Waals surface area contributed by atoms with Crippen molar-refractivity contribution in [3.8, 4) is 5.75 Å². The molecule has 5 nitrogen and oxygen atoms in total. The lowest BCUT2D eigenvalue weighted by Crippen LogP contribution is -2.10. The Kier molecular flexibility index (Phi) is 4.41. The molecule has 3 aromatic rings. The van der Waals surface area contributed by atoms with E-state index in [9.17, 15) is 13.6 Å². The number of carbonyl (C=O) groups is 1. The molecular weight excluding hydrogens is 316 g/mol. The Balaban J connectivity index is 1.89. The molecule has 24 heavy (non-hydrogen) atoms. The number of hydrogen-bond acceptors (Lipinski definition) is 3. The number of para-hydroxylation sites is 4. The Morgan fingerprint density at radius 2 is 1.92 bits per heavy atom. The first-order chi connectivity index (χ1) is 11.6. The van der Waals surface area contributed by atoms with Crippen molar-refractivity contribution in [1.82, 2.24) is 9.55 Å². The van der Waals surface area contributed by atoms with Crippen molar-refractivity contribution in [2.75, 3.05) is 5.32 Å². The van der Waals surface area contributed by atoms with Gasteiger partial charge in [0.05, 0.1) is 16.7 Å². The molecule has 0 saturated carbocycles. The molecule has 7 heteroatoms. The van der Waals surface area contributed by atoms with Crippen molar-refractivity contribution in [1.29, 1.82) is 0 Å². The van der Waals surface area contributed by atoms with Crippen molar-refractivity contribution in [3.05, 3.63) is 54.4 Å². The summed E-state index contributed by atoms with van der Waals surface area (Å²) in [5.41, 5.74) is 1.30. The number of aromatic nitrogens is 2. The highest BCUT2D eigenvalue weighted by molar-refractivity contribution is 5.90. The second-order valence-electron chi connectivity index (χ2n) is 5.13. The molecular formula is C17H15F2N3O2. The molecule has 3 rings (SSSR count). The van der Waals surface area contributed by atoms with E-state index in [1.807, 2.05) is 0 Å². The Hall–Kier alpha value is -2.96. The molecule has 0 aliphatic heterocycles. The lowest BCUT2D eigenvalue weighted by atomic mass is 10.3. The number of anilines is 1. The zero-order valence-corrected chi connectivity index (χ0v) is 12.9. The van der Waals surface area contributed by atoms with Crippen molar-refractivity contribution < 1.29 is 18.3 Å². The maximum atomic E-state index is 13.4. The molecule has 0 bridgehead atoms. The third-order valence-corrected chi connectivity index (χ3v) is 3.42. The van der Waals surface area contributed by atoms with Gasteiger partial charge in [0.2, 0.25) is 5.91 Å². The first-order valence-electron chi connectivity index (χ1n) is 7.29. The number of rotatable bonds is 5. The number of nitrogens with zero attached hydrogens (tertiary/aromatic N) is 2. The van der Waals surface area contributed by atoms with E-state index in [0.29, 0.717) is 22.5 Å². The zero-order chi connectivity index (χ0) is 17.1. The SMILES string of the molecule is CC(=O)Nc1ccccc1OCc1nc2ccccc2n1C(F)F. The summed E-state index contributed by atoms with van der Waals surface area (Å²) in [4.78, 5) is 15.4. The van der Waals surface area contributed by atoms with E-state index in [4.69, 9.17) is 4.74 Å². The number of amides is 1. The summed E-state index contributed by atoms with van der Waals surface area (Å²) in [5, 5.41) is 2.63. The van der Waals surface area contributed by atoms with Crippen LogP contribution in [-0.4, -0.2) is 15.5 Å². The van der Waals surface area contributed by atoms with Gasteiger partial charge in [-0.05, 0) is 24.3 Å². The van der Waals surface area contributed by atoms with Gasteiger partial charge in [0.25, 0.3) is 0 Å². The molecule has 0 aliphatic carbocycles. The molecule has 124 valence electrons. The molecule has 2 aromatic carbocycles. The fraction of sp³-hybridized carbons (Fsp3) is 0.176. The number of benzene rings is 2. The highest BCUT2D eigenvalue weighted by Crippen LogP contribution is 2.27. The monoisotopic (exact) mass is 331 g/mol. The van der Waals surface area contributed by atoms with Crippen molar-refractivity contribution >= 4 is 22.6 Å². The molecule has 0 aliphatic rings. The maximum absolute atomic E-state index is 13.4. The lowest BCUT2D eigenvalue weighted by molar-refractivity contribution is -0.114. The highest BCUT2D eigenvalue weighted by atomic mass is 19.3. The normalized spacial score (nSPS) is 11.0. The summed E-state index contributed by atoms with van der Waals surface area (Å²) in [6.45, 7) is -1.48. The van der Waals surface area contributed by atoms with Crippen LogP contribution in [0.1, 0.15) is 19.3 Å². The van der Waals surface area contributed by atoms with Gasteiger partial charge in [-0.2, -0.15) is 8.78 Å². The van der Waals surface area contributed by atoms with Crippen LogP contribution >= 0.6 is 0 Å². The summed E-state index contributed by atoms with van der Waals surface area (Å²) >= 11 is 0. The Morgan fingerprint density at radius 1 is 1.21 bits per heavy atom. The van der Waals surface area contributed by atoms with Crippen LogP contribution in [0.3, 0.4) is 0 Å². The van der Waals surface area contributed by atoms with Gasteiger partial charge < -0.3 is 10.1 Å². The van der Waals surface area contributed by atoms with Crippen molar-refractivity contribution in [2.24, 2.45) is 0 Å². The number of ether oxygens (including phenoxy) is 1. The summed E-state index contributed by atoms with van der Waals surface area (Å²) in [6, 6.07) is 13.5. The molecule has 0 saturated heterocycles. The minimum atomic E-state index is -2.72. The quantitative estimate of drug-likeness (QED) is 0.770. The van der Waals surface area contributed by atoms with Crippen LogP contribution in [0.5, 0.6) is 5.75 Å². The van der Waals surface area contributed by atoms with Crippen LogP contribution < -0.4 is 10.1 Å². The van der Waals surface area contributed by atoms with E-state index in [2.05, 4.69) is 10.3 Å². The summed E-state index contributed by atoms with van der Waals surface area (Å²) in [6.07, 6.45) is 0. The van der Waals surface area contributed by atoms with E-state index < -0.39 is 6.55 Å². The van der Waals surface area contributed by atoms with Crippen LogP contribution in [0.4, 0.5) is 14.5 Å². The summed E-state index contributed by atoms with van der Waals surface area (Å²) < 4.78 is 33.2. The molecule has 1 N–H and O–H groups in total. The Labute approximate surface area is 136 Å². The number of hydrogen-bond donors (Lipinski definition) is 1. The van der Waals surface area contributed by atoms with Crippen molar-refractivity contribution in [3.63, 3.8) is 0 Å².